The Morgan fingerprint density at radius 2 is 1.86 bits per heavy atom. The zero-order valence-electron chi connectivity index (χ0n) is 18.5. The van der Waals surface area contributed by atoms with E-state index in [9.17, 15) is 4.79 Å². The summed E-state index contributed by atoms with van der Waals surface area (Å²) in [7, 11) is 0. The highest BCUT2D eigenvalue weighted by atomic mass is 16.5. The summed E-state index contributed by atoms with van der Waals surface area (Å²) in [6, 6.07) is 0. The van der Waals surface area contributed by atoms with E-state index in [1.54, 1.807) is 6.92 Å². The molecule has 3 saturated carbocycles. The number of likely N-dealkylation sites (tertiary alicyclic amines) is 1. The molecule has 3 aliphatic carbocycles. The summed E-state index contributed by atoms with van der Waals surface area (Å²) in [4.78, 5) is 14.3. The van der Waals surface area contributed by atoms with E-state index in [4.69, 9.17) is 4.74 Å². The SMILES string of the molecule is C=C1CCC2CC([C@@]3(C)CC[C@H](OC(C)=O)C[C@@H]3CN3CCCC3)CC[C@]12C. The van der Waals surface area contributed by atoms with Crippen LogP contribution in [0, 0.1) is 28.6 Å². The first-order chi connectivity index (χ1) is 13.3. The minimum absolute atomic E-state index is 0.105. The number of nitrogens with zero attached hydrogens (tertiary/aromatic N) is 1. The Labute approximate surface area is 172 Å². The van der Waals surface area contributed by atoms with Crippen molar-refractivity contribution in [2.45, 2.75) is 91.1 Å². The van der Waals surface area contributed by atoms with Crippen molar-refractivity contribution in [3.05, 3.63) is 12.2 Å². The summed E-state index contributed by atoms with van der Waals surface area (Å²) >= 11 is 0. The highest BCUT2D eigenvalue weighted by Crippen LogP contribution is 2.61. The number of allylic oxidation sites excluding steroid dienone is 1. The highest BCUT2D eigenvalue weighted by Gasteiger charge is 2.52. The smallest absolute Gasteiger partial charge is 0.302 e. The zero-order valence-corrected chi connectivity index (χ0v) is 18.5. The topological polar surface area (TPSA) is 29.5 Å². The Hall–Kier alpha value is -0.830. The molecule has 158 valence electrons. The average Bonchev–Trinajstić information content (AvgIpc) is 3.26. The summed E-state index contributed by atoms with van der Waals surface area (Å²) < 4.78 is 5.70. The summed E-state index contributed by atoms with van der Waals surface area (Å²) in [6.07, 6.45) is 12.9. The lowest BCUT2D eigenvalue weighted by Crippen LogP contribution is -2.49. The van der Waals surface area contributed by atoms with Gasteiger partial charge in [-0.25, -0.2) is 0 Å². The van der Waals surface area contributed by atoms with Crippen LogP contribution in [0.2, 0.25) is 0 Å². The number of rotatable bonds is 4. The number of carbonyl (C=O) groups is 1. The van der Waals surface area contributed by atoms with Gasteiger partial charge in [0.15, 0.2) is 0 Å². The van der Waals surface area contributed by atoms with Gasteiger partial charge in [-0.05, 0) is 106 Å². The molecular weight excluding hydrogens is 346 g/mol. The first-order valence-electron chi connectivity index (χ1n) is 11.9. The Morgan fingerprint density at radius 3 is 2.57 bits per heavy atom. The van der Waals surface area contributed by atoms with Crippen LogP contribution in [0.3, 0.4) is 0 Å². The van der Waals surface area contributed by atoms with E-state index in [1.807, 2.05) is 0 Å². The second kappa shape index (κ2) is 7.78. The van der Waals surface area contributed by atoms with Gasteiger partial charge in [0.05, 0.1) is 0 Å². The van der Waals surface area contributed by atoms with Gasteiger partial charge in [0.1, 0.15) is 6.10 Å². The van der Waals surface area contributed by atoms with Crippen molar-refractivity contribution in [3.8, 4) is 0 Å². The van der Waals surface area contributed by atoms with E-state index >= 15 is 0 Å². The van der Waals surface area contributed by atoms with Crippen molar-refractivity contribution in [1.29, 1.82) is 0 Å². The standard InChI is InChI=1S/C25H41NO2/c1-18-7-8-20-15-21(9-11-24(18,20)3)25(4)12-10-23(28-19(2)27)16-22(25)17-26-13-5-6-14-26/h20-23H,1,5-17H2,2-4H3/t20?,21?,22-,23+,24-,25-/m1/s1. The van der Waals surface area contributed by atoms with Crippen molar-refractivity contribution in [2.75, 3.05) is 19.6 Å². The van der Waals surface area contributed by atoms with Gasteiger partial charge in [0.2, 0.25) is 0 Å². The fourth-order valence-electron chi connectivity index (χ4n) is 7.35. The summed E-state index contributed by atoms with van der Waals surface area (Å²) in [5.41, 5.74) is 2.32. The summed E-state index contributed by atoms with van der Waals surface area (Å²) in [5, 5.41) is 0. The third-order valence-corrected chi connectivity index (χ3v) is 9.51. The third-order valence-electron chi connectivity index (χ3n) is 9.51. The molecule has 0 bridgehead atoms. The molecule has 0 N–H and O–H groups in total. The molecule has 28 heavy (non-hydrogen) atoms. The first-order valence-corrected chi connectivity index (χ1v) is 11.9. The molecule has 4 rings (SSSR count). The van der Waals surface area contributed by atoms with Gasteiger partial charge in [-0.2, -0.15) is 0 Å². The lowest BCUT2D eigenvalue weighted by Gasteiger charge is -2.54. The van der Waals surface area contributed by atoms with E-state index in [2.05, 4.69) is 25.3 Å². The lowest BCUT2D eigenvalue weighted by molar-refractivity contribution is -0.153. The highest BCUT2D eigenvalue weighted by molar-refractivity contribution is 5.66. The molecule has 1 saturated heterocycles. The van der Waals surface area contributed by atoms with Crippen molar-refractivity contribution in [3.63, 3.8) is 0 Å². The lowest BCUT2D eigenvalue weighted by atomic mass is 9.53. The molecule has 0 radical (unpaired) electrons. The maximum Gasteiger partial charge on any atom is 0.302 e. The Kier molecular flexibility index (Phi) is 5.68. The number of hydrogen-bond donors (Lipinski definition) is 0. The van der Waals surface area contributed by atoms with Crippen LogP contribution in [0.1, 0.15) is 85.0 Å². The van der Waals surface area contributed by atoms with E-state index in [1.165, 1.54) is 76.6 Å². The molecular formula is C25H41NO2. The van der Waals surface area contributed by atoms with Crippen LogP contribution in [0.4, 0.5) is 0 Å². The number of carbonyl (C=O) groups excluding carboxylic acids is 1. The minimum Gasteiger partial charge on any atom is -0.463 e. The van der Waals surface area contributed by atoms with Crippen LogP contribution < -0.4 is 0 Å². The molecule has 2 unspecified atom stereocenters. The maximum absolute atomic E-state index is 11.6. The van der Waals surface area contributed by atoms with Gasteiger partial charge in [-0.1, -0.05) is 26.0 Å². The predicted molar refractivity (Wildman–Crippen MR) is 114 cm³/mol. The molecule has 0 spiro atoms. The van der Waals surface area contributed by atoms with E-state index in [0.717, 1.165) is 24.7 Å². The molecule has 0 aromatic carbocycles. The molecule has 0 aromatic heterocycles. The molecule has 4 fully saturated rings. The molecule has 0 aromatic rings. The predicted octanol–water partition coefficient (Wildman–Crippen LogP) is 5.59. The van der Waals surface area contributed by atoms with E-state index in [0.29, 0.717) is 16.7 Å². The third kappa shape index (κ3) is 3.68. The molecule has 4 aliphatic rings. The zero-order chi connectivity index (χ0) is 19.9. The van der Waals surface area contributed by atoms with Crippen LogP contribution in [0.5, 0.6) is 0 Å². The summed E-state index contributed by atoms with van der Waals surface area (Å²) in [6.45, 7) is 14.8. The van der Waals surface area contributed by atoms with Gasteiger partial charge < -0.3 is 9.64 Å². The summed E-state index contributed by atoms with van der Waals surface area (Å²) in [5.74, 6) is 2.21. The number of ether oxygens (including phenoxy) is 1. The molecule has 1 aliphatic heterocycles. The van der Waals surface area contributed by atoms with Crippen molar-refractivity contribution >= 4 is 5.97 Å². The van der Waals surface area contributed by atoms with Crippen molar-refractivity contribution in [1.82, 2.24) is 4.90 Å². The van der Waals surface area contributed by atoms with Crippen LogP contribution in [-0.4, -0.2) is 36.6 Å². The molecule has 3 heteroatoms. The first kappa shape index (κ1) is 20.4. The van der Waals surface area contributed by atoms with Crippen molar-refractivity contribution in [2.24, 2.45) is 28.6 Å². The normalized spacial score (nSPS) is 44.5. The van der Waals surface area contributed by atoms with E-state index in [-0.39, 0.29) is 12.1 Å². The Balaban J connectivity index is 1.50. The quantitative estimate of drug-likeness (QED) is 0.465. The van der Waals surface area contributed by atoms with Crippen LogP contribution in [0.25, 0.3) is 0 Å². The Bertz CT molecular complexity index is 610. The monoisotopic (exact) mass is 387 g/mol. The molecule has 0 amide bonds. The number of hydrogen-bond acceptors (Lipinski definition) is 3. The second-order valence-electron chi connectivity index (χ2n) is 10.9. The minimum atomic E-state index is -0.105. The van der Waals surface area contributed by atoms with Crippen LogP contribution in [-0.2, 0) is 9.53 Å². The molecule has 3 nitrogen and oxygen atoms in total. The average molecular weight is 388 g/mol. The van der Waals surface area contributed by atoms with Gasteiger partial charge in [0.25, 0.3) is 0 Å². The number of fused-ring (bicyclic) bond motifs is 1. The fraction of sp³-hybridized carbons (Fsp3) is 0.880. The Morgan fingerprint density at radius 1 is 1.11 bits per heavy atom. The van der Waals surface area contributed by atoms with E-state index < -0.39 is 0 Å². The van der Waals surface area contributed by atoms with Crippen LogP contribution in [0.15, 0.2) is 12.2 Å². The largest absolute Gasteiger partial charge is 0.463 e. The van der Waals surface area contributed by atoms with Gasteiger partial charge in [0, 0.05) is 13.5 Å². The molecule has 6 atom stereocenters. The van der Waals surface area contributed by atoms with Gasteiger partial charge >= 0.3 is 5.97 Å². The van der Waals surface area contributed by atoms with Crippen LogP contribution >= 0.6 is 0 Å². The van der Waals surface area contributed by atoms with Gasteiger partial charge in [-0.3, -0.25) is 4.79 Å². The van der Waals surface area contributed by atoms with Gasteiger partial charge in [-0.15, -0.1) is 0 Å². The maximum atomic E-state index is 11.6. The second-order valence-corrected chi connectivity index (χ2v) is 10.9. The number of esters is 1. The van der Waals surface area contributed by atoms with Crippen molar-refractivity contribution < 1.29 is 9.53 Å². The fourth-order valence-corrected chi connectivity index (χ4v) is 7.35. The molecule has 1 heterocycles.